The average molecular weight is 366 g/mol. The van der Waals surface area contributed by atoms with E-state index in [9.17, 15) is 13.2 Å². The molecule has 0 saturated carbocycles. The van der Waals surface area contributed by atoms with Gasteiger partial charge in [-0.2, -0.15) is 18.3 Å². The Balaban J connectivity index is 2.01. The molecule has 0 radical (unpaired) electrons. The summed E-state index contributed by atoms with van der Waals surface area (Å²) in [6.45, 7) is 4.69. The minimum absolute atomic E-state index is 0.397. The minimum Gasteiger partial charge on any atom is -0.493 e. The fourth-order valence-electron chi connectivity index (χ4n) is 2.06. The SMILES string of the molecule is COc1cc(C=NNc2ccc(C(F)(F)F)cc2)ccc1OCC(C)C. The second kappa shape index (κ2) is 8.60. The van der Waals surface area contributed by atoms with Crippen molar-refractivity contribution in [1.82, 2.24) is 0 Å². The second-order valence-electron chi connectivity index (χ2n) is 6.06. The number of ether oxygens (including phenoxy) is 2. The van der Waals surface area contributed by atoms with Crippen molar-refractivity contribution in [2.75, 3.05) is 19.1 Å². The predicted octanol–water partition coefficient (Wildman–Crippen LogP) is 5.19. The van der Waals surface area contributed by atoms with E-state index >= 15 is 0 Å². The molecule has 0 atom stereocenters. The van der Waals surface area contributed by atoms with E-state index in [1.165, 1.54) is 12.1 Å². The van der Waals surface area contributed by atoms with Crippen molar-refractivity contribution >= 4 is 11.9 Å². The lowest BCUT2D eigenvalue weighted by molar-refractivity contribution is -0.137. The van der Waals surface area contributed by atoms with Crippen molar-refractivity contribution < 1.29 is 22.6 Å². The zero-order chi connectivity index (χ0) is 19.2. The van der Waals surface area contributed by atoms with Crippen molar-refractivity contribution in [2.24, 2.45) is 11.0 Å². The molecule has 2 rings (SSSR count). The number of hydrogen-bond acceptors (Lipinski definition) is 4. The van der Waals surface area contributed by atoms with E-state index < -0.39 is 11.7 Å². The van der Waals surface area contributed by atoms with Crippen LogP contribution in [0, 0.1) is 5.92 Å². The van der Waals surface area contributed by atoms with Crippen LogP contribution in [0.2, 0.25) is 0 Å². The van der Waals surface area contributed by atoms with Crippen LogP contribution in [-0.4, -0.2) is 19.9 Å². The van der Waals surface area contributed by atoms with Crippen molar-refractivity contribution in [2.45, 2.75) is 20.0 Å². The standard InChI is InChI=1S/C19H21F3N2O2/c1-13(2)12-26-17-9-4-14(10-18(17)25-3)11-23-24-16-7-5-15(6-8-16)19(20,21)22/h4-11,13,24H,12H2,1-3H3. The molecule has 0 aliphatic rings. The van der Waals surface area contributed by atoms with Gasteiger partial charge in [0, 0.05) is 0 Å². The number of hydrogen-bond donors (Lipinski definition) is 1. The van der Waals surface area contributed by atoms with E-state index in [1.807, 2.05) is 6.07 Å². The van der Waals surface area contributed by atoms with Crippen LogP contribution in [0.5, 0.6) is 11.5 Å². The third-order valence-electron chi connectivity index (χ3n) is 3.38. The smallest absolute Gasteiger partial charge is 0.416 e. The lowest BCUT2D eigenvalue weighted by Gasteiger charge is -2.12. The molecule has 4 nitrogen and oxygen atoms in total. The fourth-order valence-corrected chi connectivity index (χ4v) is 2.06. The Labute approximate surface area is 150 Å². The van der Waals surface area contributed by atoms with Crippen molar-refractivity contribution in [1.29, 1.82) is 0 Å². The van der Waals surface area contributed by atoms with Gasteiger partial charge in [-0.15, -0.1) is 0 Å². The summed E-state index contributed by atoms with van der Waals surface area (Å²) in [5.74, 6) is 1.63. The number of rotatable bonds is 7. The van der Waals surface area contributed by atoms with Gasteiger partial charge in [0.2, 0.25) is 0 Å². The van der Waals surface area contributed by atoms with Crippen LogP contribution in [0.15, 0.2) is 47.6 Å². The molecule has 0 heterocycles. The van der Waals surface area contributed by atoms with E-state index in [1.54, 1.807) is 25.5 Å². The minimum atomic E-state index is -4.35. The topological polar surface area (TPSA) is 42.8 Å². The molecule has 0 fully saturated rings. The molecule has 140 valence electrons. The van der Waals surface area contributed by atoms with Gasteiger partial charge in [0.25, 0.3) is 0 Å². The van der Waals surface area contributed by atoms with Gasteiger partial charge in [-0.3, -0.25) is 5.43 Å². The predicted molar refractivity (Wildman–Crippen MR) is 96.0 cm³/mol. The monoisotopic (exact) mass is 366 g/mol. The molecule has 0 aromatic heterocycles. The van der Waals surface area contributed by atoms with Gasteiger partial charge < -0.3 is 9.47 Å². The molecule has 2 aromatic rings. The van der Waals surface area contributed by atoms with E-state index in [-0.39, 0.29) is 0 Å². The first-order valence-electron chi connectivity index (χ1n) is 8.06. The highest BCUT2D eigenvalue weighted by Crippen LogP contribution is 2.30. The first kappa shape index (κ1) is 19.6. The Morgan fingerprint density at radius 3 is 2.35 bits per heavy atom. The third-order valence-corrected chi connectivity index (χ3v) is 3.38. The van der Waals surface area contributed by atoms with E-state index in [2.05, 4.69) is 24.4 Å². The summed E-state index contributed by atoms with van der Waals surface area (Å²) < 4.78 is 48.6. The summed E-state index contributed by atoms with van der Waals surface area (Å²) in [5, 5.41) is 4.03. The Morgan fingerprint density at radius 1 is 1.08 bits per heavy atom. The molecule has 0 saturated heterocycles. The van der Waals surface area contributed by atoms with E-state index in [0.29, 0.717) is 29.7 Å². The van der Waals surface area contributed by atoms with Crippen LogP contribution >= 0.6 is 0 Å². The summed E-state index contributed by atoms with van der Waals surface area (Å²) in [5.41, 5.74) is 3.21. The summed E-state index contributed by atoms with van der Waals surface area (Å²) in [6.07, 6.45) is -2.80. The van der Waals surface area contributed by atoms with Gasteiger partial charge >= 0.3 is 6.18 Å². The number of hydrazone groups is 1. The normalized spacial score (nSPS) is 11.8. The van der Waals surface area contributed by atoms with Crippen molar-refractivity contribution in [3.63, 3.8) is 0 Å². The van der Waals surface area contributed by atoms with E-state index in [0.717, 1.165) is 17.7 Å². The summed E-state index contributed by atoms with van der Waals surface area (Å²) in [7, 11) is 1.55. The van der Waals surface area contributed by atoms with Crippen molar-refractivity contribution in [3.8, 4) is 11.5 Å². The number of alkyl halides is 3. The molecular weight excluding hydrogens is 345 g/mol. The van der Waals surface area contributed by atoms with Crippen LogP contribution in [0.1, 0.15) is 25.0 Å². The average Bonchev–Trinajstić information content (AvgIpc) is 2.60. The molecule has 0 aliphatic heterocycles. The maximum Gasteiger partial charge on any atom is 0.416 e. The maximum atomic E-state index is 12.5. The molecular formula is C19H21F3N2O2. The molecule has 0 spiro atoms. The molecule has 0 unspecified atom stereocenters. The number of halogens is 3. The van der Waals surface area contributed by atoms with Crippen molar-refractivity contribution in [3.05, 3.63) is 53.6 Å². The lowest BCUT2D eigenvalue weighted by Crippen LogP contribution is -2.05. The van der Waals surface area contributed by atoms with Crippen LogP contribution < -0.4 is 14.9 Å². The number of methoxy groups -OCH3 is 1. The Morgan fingerprint density at radius 2 is 1.77 bits per heavy atom. The van der Waals surface area contributed by atoms with Crippen LogP contribution in [0.25, 0.3) is 0 Å². The highest BCUT2D eigenvalue weighted by Gasteiger charge is 2.29. The number of nitrogens with zero attached hydrogens (tertiary/aromatic N) is 1. The quantitative estimate of drug-likeness (QED) is 0.541. The zero-order valence-corrected chi connectivity index (χ0v) is 14.8. The molecule has 0 amide bonds. The molecule has 7 heteroatoms. The number of benzene rings is 2. The first-order chi connectivity index (χ1) is 12.3. The fraction of sp³-hybridized carbons (Fsp3) is 0.316. The molecule has 1 N–H and O–H groups in total. The van der Waals surface area contributed by atoms with Gasteiger partial charge in [0.1, 0.15) is 0 Å². The molecule has 0 bridgehead atoms. The van der Waals surface area contributed by atoms with Gasteiger partial charge in [-0.1, -0.05) is 13.8 Å². The maximum absolute atomic E-state index is 12.5. The largest absolute Gasteiger partial charge is 0.493 e. The highest BCUT2D eigenvalue weighted by atomic mass is 19.4. The summed E-state index contributed by atoms with van der Waals surface area (Å²) in [6, 6.07) is 10.0. The van der Waals surface area contributed by atoms with Gasteiger partial charge in [-0.25, -0.2) is 0 Å². The van der Waals surface area contributed by atoms with Crippen LogP contribution in [-0.2, 0) is 6.18 Å². The summed E-state index contributed by atoms with van der Waals surface area (Å²) in [4.78, 5) is 0. The Hall–Kier alpha value is -2.70. The Kier molecular flexibility index (Phi) is 6.49. The third kappa shape index (κ3) is 5.68. The van der Waals surface area contributed by atoms with Gasteiger partial charge in [0.05, 0.1) is 31.2 Å². The second-order valence-corrected chi connectivity index (χ2v) is 6.06. The zero-order valence-electron chi connectivity index (χ0n) is 14.8. The molecule has 0 aliphatic carbocycles. The van der Waals surface area contributed by atoms with Crippen LogP contribution in [0.3, 0.4) is 0 Å². The lowest BCUT2D eigenvalue weighted by atomic mass is 10.2. The van der Waals surface area contributed by atoms with E-state index in [4.69, 9.17) is 9.47 Å². The van der Waals surface area contributed by atoms with Gasteiger partial charge in [0.15, 0.2) is 11.5 Å². The highest BCUT2D eigenvalue weighted by molar-refractivity contribution is 5.81. The molecule has 2 aromatic carbocycles. The van der Waals surface area contributed by atoms with Crippen LogP contribution in [0.4, 0.5) is 18.9 Å². The molecule has 26 heavy (non-hydrogen) atoms. The number of anilines is 1. The number of nitrogens with one attached hydrogen (secondary N) is 1. The Bertz CT molecular complexity index is 741. The summed E-state index contributed by atoms with van der Waals surface area (Å²) >= 11 is 0. The van der Waals surface area contributed by atoms with Gasteiger partial charge in [-0.05, 0) is 53.9 Å². The first-order valence-corrected chi connectivity index (χ1v) is 8.06.